The van der Waals surface area contributed by atoms with Crippen molar-refractivity contribution in [3.05, 3.63) is 34.9 Å². The van der Waals surface area contributed by atoms with Gasteiger partial charge < -0.3 is 14.7 Å². The van der Waals surface area contributed by atoms with Crippen LogP contribution in [-0.4, -0.2) is 42.8 Å². The third kappa shape index (κ3) is 2.83. The lowest BCUT2D eigenvalue weighted by Crippen LogP contribution is -2.55. The van der Waals surface area contributed by atoms with E-state index in [4.69, 9.17) is 16.3 Å². The van der Waals surface area contributed by atoms with Crippen LogP contribution >= 0.6 is 11.6 Å². The molecule has 0 bridgehead atoms. The Morgan fingerprint density at radius 3 is 2.50 bits per heavy atom. The van der Waals surface area contributed by atoms with Crippen LogP contribution in [0.4, 0.5) is 0 Å². The Kier molecular flexibility index (Phi) is 3.90. The summed E-state index contributed by atoms with van der Waals surface area (Å²) < 4.78 is 5.04. The summed E-state index contributed by atoms with van der Waals surface area (Å²) >= 11 is 5.82. The molecule has 1 aliphatic heterocycles. The van der Waals surface area contributed by atoms with E-state index in [1.807, 2.05) is 36.2 Å². The van der Waals surface area contributed by atoms with Gasteiger partial charge in [-0.1, -0.05) is 23.7 Å². The Balaban J connectivity index is 1.94. The number of hydrogen-bond donors (Lipinski definition) is 1. The molecule has 1 heterocycles. The average molecular weight is 270 g/mol. The summed E-state index contributed by atoms with van der Waals surface area (Å²) in [5.74, 6) is -0.781. The topological polar surface area (TPSA) is 49.8 Å². The number of rotatable bonds is 5. The Hall–Kier alpha value is -1.10. The Labute approximate surface area is 111 Å². The Morgan fingerprint density at radius 2 is 2.06 bits per heavy atom. The Bertz CT molecular complexity index is 428. The molecule has 0 aliphatic carbocycles. The number of hydrogen-bond acceptors (Lipinski definition) is 3. The molecule has 0 spiro atoms. The van der Waals surface area contributed by atoms with E-state index < -0.39 is 11.4 Å². The number of carboxylic acids is 1. The number of carbonyl (C=O) groups is 1. The number of ether oxygens (including phenoxy) is 1. The lowest BCUT2D eigenvalue weighted by Gasteiger charge is -2.40. The molecule has 1 aromatic carbocycles. The summed E-state index contributed by atoms with van der Waals surface area (Å²) in [4.78, 5) is 13.2. The van der Waals surface area contributed by atoms with Gasteiger partial charge in [0.05, 0.1) is 13.2 Å². The zero-order valence-electron chi connectivity index (χ0n) is 10.2. The van der Waals surface area contributed by atoms with E-state index in [0.717, 1.165) is 5.56 Å². The molecule has 1 N–H and O–H groups in total. The van der Waals surface area contributed by atoms with Crippen molar-refractivity contribution in [3.8, 4) is 0 Å². The van der Waals surface area contributed by atoms with Crippen molar-refractivity contribution in [2.24, 2.45) is 5.41 Å². The first kappa shape index (κ1) is 13.3. The van der Waals surface area contributed by atoms with Crippen molar-refractivity contribution >= 4 is 17.6 Å². The minimum atomic E-state index is -0.781. The van der Waals surface area contributed by atoms with E-state index in [2.05, 4.69) is 0 Å². The molecule has 98 valence electrons. The molecule has 0 unspecified atom stereocenters. The van der Waals surface area contributed by atoms with E-state index in [1.54, 1.807) is 0 Å². The zero-order chi connectivity index (χ0) is 13.2. The maximum absolute atomic E-state index is 11.2. The first-order valence-electron chi connectivity index (χ1n) is 5.76. The van der Waals surface area contributed by atoms with E-state index >= 15 is 0 Å². The quantitative estimate of drug-likeness (QED) is 0.887. The smallest absolute Gasteiger partial charge is 0.315 e. The summed E-state index contributed by atoms with van der Waals surface area (Å²) in [6.07, 6.45) is 0. The minimum absolute atomic E-state index is 0.299. The fourth-order valence-corrected chi connectivity index (χ4v) is 2.23. The van der Waals surface area contributed by atoms with Gasteiger partial charge in [0.15, 0.2) is 0 Å². The maximum Gasteiger partial charge on any atom is 0.315 e. The van der Waals surface area contributed by atoms with Gasteiger partial charge in [-0.05, 0) is 24.7 Å². The SMILES string of the molecule is CN(Cc1ccc(Cl)cc1)CC1(C(=O)O)COC1. The Morgan fingerprint density at radius 1 is 1.44 bits per heavy atom. The second-order valence-corrected chi connectivity index (χ2v) is 5.31. The highest BCUT2D eigenvalue weighted by Gasteiger charge is 2.46. The average Bonchev–Trinajstić information content (AvgIpc) is 2.26. The van der Waals surface area contributed by atoms with Gasteiger partial charge in [0.1, 0.15) is 5.41 Å². The number of nitrogens with zero attached hydrogens (tertiary/aromatic N) is 1. The van der Waals surface area contributed by atoms with Crippen LogP contribution in [0.2, 0.25) is 5.02 Å². The van der Waals surface area contributed by atoms with Crippen LogP contribution in [0.5, 0.6) is 0 Å². The van der Waals surface area contributed by atoms with Gasteiger partial charge in [-0.3, -0.25) is 4.79 Å². The normalized spacial score (nSPS) is 17.5. The summed E-state index contributed by atoms with van der Waals surface area (Å²) in [6.45, 7) is 1.79. The molecule has 0 saturated carbocycles. The minimum Gasteiger partial charge on any atom is -0.481 e. The van der Waals surface area contributed by atoms with Crippen LogP contribution in [0.3, 0.4) is 0 Å². The summed E-state index contributed by atoms with van der Waals surface area (Å²) in [5, 5.41) is 9.92. The van der Waals surface area contributed by atoms with E-state index in [-0.39, 0.29) is 0 Å². The van der Waals surface area contributed by atoms with E-state index in [1.165, 1.54) is 0 Å². The van der Waals surface area contributed by atoms with Crippen LogP contribution in [0.25, 0.3) is 0 Å². The predicted molar refractivity (Wildman–Crippen MR) is 68.7 cm³/mol. The van der Waals surface area contributed by atoms with Crippen molar-refractivity contribution in [1.82, 2.24) is 4.90 Å². The van der Waals surface area contributed by atoms with Gasteiger partial charge in [-0.15, -0.1) is 0 Å². The van der Waals surface area contributed by atoms with Crippen LogP contribution in [0.15, 0.2) is 24.3 Å². The van der Waals surface area contributed by atoms with Crippen LogP contribution < -0.4 is 0 Å². The zero-order valence-corrected chi connectivity index (χ0v) is 11.0. The molecule has 1 aliphatic rings. The predicted octanol–water partition coefficient (Wildman–Crippen LogP) is 1.87. The molecule has 4 nitrogen and oxygen atoms in total. The third-order valence-electron chi connectivity index (χ3n) is 3.15. The summed E-state index contributed by atoms with van der Waals surface area (Å²) in [5.41, 5.74) is 0.379. The van der Waals surface area contributed by atoms with Crippen LogP contribution in [0.1, 0.15) is 5.56 Å². The number of halogens is 1. The number of benzene rings is 1. The first-order valence-corrected chi connectivity index (χ1v) is 6.14. The lowest BCUT2D eigenvalue weighted by atomic mass is 9.85. The molecule has 1 fully saturated rings. The molecular formula is C13H16ClNO3. The van der Waals surface area contributed by atoms with Crippen molar-refractivity contribution < 1.29 is 14.6 Å². The molecule has 0 atom stereocenters. The van der Waals surface area contributed by atoms with Gasteiger partial charge in [-0.25, -0.2) is 0 Å². The van der Waals surface area contributed by atoms with Gasteiger partial charge >= 0.3 is 5.97 Å². The van der Waals surface area contributed by atoms with Crippen molar-refractivity contribution in [1.29, 1.82) is 0 Å². The van der Waals surface area contributed by atoms with Crippen LogP contribution in [0, 0.1) is 5.41 Å². The van der Waals surface area contributed by atoms with Gasteiger partial charge in [0.2, 0.25) is 0 Å². The van der Waals surface area contributed by atoms with Crippen molar-refractivity contribution in [2.45, 2.75) is 6.54 Å². The highest BCUT2D eigenvalue weighted by Crippen LogP contribution is 2.29. The molecule has 5 heteroatoms. The van der Waals surface area contributed by atoms with Gasteiger partial charge in [-0.2, -0.15) is 0 Å². The van der Waals surface area contributed by atoms with Gasteiger partial charge in [0.25, 0.3) is 0 Å². The number of carboxylic acid groups (broad SMARTS) is 1. The monoisotopic (exact) mass is 269 g/mol. The first-order chi connectivity index (χ1) is 8.52. The molecule has 0 amide bonds. The highest BCUT2D eigenvalue weighted by molar-refractivity contribution is 6.30. The highest BCUT2D eigenvalue weighted by atomic mass is 35.5. The molecule has 1 aromatic rings. The third-order valence-corrected chi connectivity index (χ3v) is 3.40. The maximum atomic E-state index is 11.2. The fraction of sp³-hybridized carbons (Fsp3) is 0.462. The molecule has 2 rings (SSSR count). The standard InChI is InChI=1S/C13H16ClNO3/c1-15(6-10-2-4-11(14)5-3-10)7-13(12(16)17)8-18-9-13/h2-5H,6-9H2,1H3,(H,16,17). The van der Waals surface area contributed by atoms with Crippen molar-refractivity contribution in [2.75, 3.05) is 26.8 Å². The molecule has 0 radical (unpaired) electrons. The van der Waals surface area contributed by atoms with Gasteiger partial charge in [0, 0.05) is 18.1 Å². The van der Waals surface area contributed by atoms with E-state index in [9.17, 15) is 9.90 Å². The van der Waals surface area contributed by atoms with Crippen LogP contribution in [-0.2, 0) is 16.1 Å². The summed E-state index contributed by atoms with van der Waals surface area (Å²) in [7, 11) is 1.91. The second kappa shape index (κ2) is 5.26. The largest absolute Gasteiger partial charge is 0.481 e. The van der Waals surface area contributed by atoms with E-state index in [0.29, 0.717) is 31.3 Å². The fourth-order valence-electron chi connectivity index (χ4n) is 2.10. The lowest BCUT2D eigenvalue weighted by molar-refractivity contribution is -0.183. The number of aliphatic carboxylic acids is 1. The molecule has 0 aromatic heterocycles. The molecule has 1 saturated heterocycles. The molecule has 18 heavy (non-hydrogen) atoms. The summed E-state index contributed by atoms with van der Waals surface area (Å²) in [6, 6.07) is 7.57. The second-order valence-electron chi connectivity index (χ2n) is 4.88. The van der Waals surface area contributed by atoms with Crippen molar-refractivity contribution in [3.63, 3.8) is 0 Å². The molecular weight excluding hydrogens is 254 g/mol.